The van der Waals surface area contributed by atoms with Gasteiger partial charge in [-0.1, -0.05) is 23.8 Å². The molecule has 3 N–H and O–H groups in total. The zero-order chi connectivity index (χ0) is 16.8. The molecule has 0 aliphatic heterocycles. The van der Waals surface area contributed by atoms with E-state index < -0.39 is 18.6 Å². The lowest BCUT2D eigenvalue weighted by molar-refractivity contribution is -0.122. The number of carbonyl (C=O) groups is 2. The summed E-state index contributed by atoms with van der Waals surface area (Å²) >= 11 is 0. The minimum Gasteiger partial charge on any atom is -0.352 e. The number of rotatable bonds is 5. The highest BCUT2D eigenvalue weighted by molar-refractivity contribution is 5.86. The van der Waals surface area contributed by atoms with Gasteiger partial charge in [0.05, 0.1) is 6.04 Å². The first kappa shape index (κ1) is 17.2. The minimum absolute atomic E-state index is 0.0399. The average Bonchev–Trinajstić information content (AvgIpc) is 2.53. The molecule has 0 unspecified atom stereocenters. The molecule has 0 radical (unpaired) electrons. The Balaban J connectivity index is 1.94. The average molecular weight is 321 g/mol. The number of alkyl halides is 1. The largest absolute Gasteiger partial charge is 0.352 e. The van der Waals surface area contributed by atoms with E-state index in [9.17, 15) is 14.0 Å². The predicted molar refractivity (Wildman–Crippen MR) is 87.0 cm³/mol. The molecular weight excluding hydrogens is 297 g/mol. The van der Waals surface area contributed by atoms with E-state index in [1.54, 1.807) is 6.92 Å². The van der Waals surface area contributed by atoms with Gasteiger partial charge >= 0.3 is 6.03 Å². The third-order valence-corrected chi connectivity index (χ3v) is 4.06. The predicted octanol–water partition coefficient (Wildman–Crippen LogP) is 2.15. The summed E-state index contributed by atoms with van der Waals surface area (Å²) in [7, 11) is 0. The summed E-state index contributed by atoms with van der Waals surface area (Å²) in [5, 5.41) is 7.94. The Morgan fingerprint density at radius 3 is 2.91 bits per heavy atom. The first-order valence-corrected chi connectivity index (χ1v) is 8.01. The van der Waals surface area contributed by atoms with Gasteiger partial charge in [-0.3, -0.25) is 4.79 Å². The smallest absolute Gasteiger partial charge is 0.315 e. The summed E-state index contributed by atoms with van der Waals surface area (Å²) in [4.78, 5) is 23.8. The Kier molecular flexibility index (Phi) is 5.96. The van der Waals surface area contributed by atoms with Crippen LogP contribution in [0.5, 0.6) is 0 Å². The van der Waals surface area contributed by atoms with E-state index in [4.69, 9.17) is 0 Å². The molecule has 2 atom stereocenters. The molecule has 1 aliphatic carbocycles. The van der Waals surface area contributed by atoms with Crippen molar-refractivity contribution in [1.29, 1.82) is 0 Å². The number of benzene rings is 1. The molecule has 1 aromatic rings. The SMILES string of the molecule is Cc1ccc2c(c1)[C@H](NC(=O)N[C@@H](C)C(=O)NCCF)CCC2. The standard InChI is InChI=1S/C17H24FN3O2/c1-11-6-7-13-4-3-5-15(14(13)10-11)21-17(23)20-12(2)16(22)19-9-8-18/h6-7,10,12,15H,3-5,8-9H2,1-2H3,(H,19,22)(H2,20,21,23)/t12-,15+/m0/s1. The lowest BCUT2D eigenvalue weighted by Crippen LogP contribution is -2.49. The number of hydrogen-bond acceptors (Lipinski definition) is 2. The molecule has 0 heterocycles. The van der Waals surface area contributed by atoms with Crippen LogP contribution in [-0.2, 0) is 11.2 Å². The quantitative estimate of drug-likeness (QED) is 0.778. The Morgan fingerprint density at radius 1 is 1.39 bits per heavy atom. The van der Waals surface area contributed by atoms with Gasteiger partial charge in [-0.05, 0) is 44.2 Å². The number of hydrogen-bond donors (Lipinski definition) is 3. The van der Waals surface area contributed by atoms with Crippen LogP contribution in [0.4, 0.5) is 9.18 Å². The van der Waals surface area contributed by atoms with Crippen molar-refractivity contribution in [2.45, 2.75) is 45.2 Å². The van der Waals surface area contributed by atoms with Crippen molar-refractivity contribution in [2.75, 3.05) is 13.2 Å². The van der Waals surface area contributed by atoms with Gasteiger partial charge < -0.3 is 16.0 Å². The molecule has 1 aliphatic rings. The first-order valence-electron chi connectivity index (χ1n) is 8.01. The van der Waals surface area contributed by atoms with Gasteiger partial charge in [-0.15, -0.1) is 0 Å². The number of amides is 3. The van der Waals surface area contributed by atoms with Gasteiger partial charge in [0.25, 0.3) is 0 Å². The van der Waals surface area contributed by atoms with Crippen LogP contribution in [0.1, 0.15) is 42.5 Å². The topological polar surface area (TPSA) is 70.2 Å². The Labute approximate surface area is 136 Å². The van der Waals surface area contributed by atoms with Crippen LogP contribution in [-0.4, -0.2) is 31.2 Å². The van der Waals surface area contributed by atoms with Gasteiger partial charge in [-0.25, -0.2) is 9.18 Å². The second-order valence-electron chi connectivity index (χ2n) is 5.97. The van der Waals surface area contributed by atoms with Crippen molar-refractivity contribution in [3.63, 3.8) is 0 Å². The van der Waals surface area contributed by atoms with Crippen molar-refractivity contribution >= 4 is 11.9 Å². The Bertz CT molecular complexity index is 577. The molecule has 0 saturated heterocycles. The third-order valence-electron chi connectivity index (χ3n) is 4.06. The highest BCUT2D eigenvalue weighted by atomic mass is 19.1. The van der Waals surface area contributed by atoms with Crippen LogP contribution in [0.25, 0.3) is 0 Å². The fourth-order valence-corrected chi connectivity index (χ4v) is 2.85. The van der Waals surface area contributed by atoms with Crippen LogP contribution < -0.4 is 16.0 Å². The van der Waals surface area contributed by atoms with Crippen LogP contribution >= 0.6 is 0 Å². The molecule has 0 fully saturated rings. The second-order valence-corrected chi connectivity index (χ2v) is 5.97. The normalized spacial score (nSPS) is 17.8. The van der Waals surface area contributed by atoms with Gasteiger partial charge in [0.15, 0.2) is 0 Å². The molecule has 5 nitrogen and oxygen atoms in total. The van der Waals surface area contributed by atoms with E-state index in [-0.39, 0.29) is 18.6 Å². The van der Waals surface area contributed by atoms with E-state index in [1.165, 1.54) is 5.56 Å². The summed E-state index contributed by atoms with van der Waals surface area (Å²) < 4.78 is 12.0. The molecule has 126 valence electrons. The van der Waals surface area contributed by atoms with E-state index in [0.717, 1.165) is 30.4 Å². The maximum atomic E-state index is 12.1. The molecule has 3 amide bonds. The zero-order valence-electron chi connectivity index (χ0n) is 13.6. The maximum absolute atomic E-state index is 12.1. The van der Waals surface area contributed by atoms with Crippen LogP contribution in [0, 0.1) is 6.92 Å². The van der Waals surface area contributed by atoms with Crippen LogP contribution in [0.3, 0.4) is 0 Å². The summed E-state index contributed by atoms with van der Waals surface area (Å²) in [6, 6.07) is 5.17. The molecular formula is C17H24FN3O2. The van der Waals surface area contributed by atoms with Crippen molar-refractivity contribution in [3.05, 3.63) is 34.9 Å². The van der Waals surface area contributed by atoms with Crippen molar-refractivity contribution in [2.24, 2.45) is 0 Å². The molecule has 0 aromatic heterocycles. The molecule has 0 bridgehead atoms. The lowest BCUT2D eigenvalue weighted by Gasteiger charge is -2.27. The summed E-state index contributed by atoms with van der Waals surface area (Å²) in [5.41, 5.74) is 3.58. The second kappa shape index (κ2) is 7.94. The monoisotopic (exact) mass is 321 g/mol. The highest BCUT2D eigenvalue weighted by Crippen LogP contribution is 2.30. The molecule has 0 spiro atoms. The van der Waals surface area contributed by atoms with E-state index in [0.29, 0.717) is 0 Å². The number of aryl methyl sites for hydroxylation is 2. The molecule has 2 rings (SSSR count). The van der Waals surface area contributed by atoms with Gasteiger partial charge in [0.1, 0.15) is 12.7 Å². The highest BCUT2D eigenvalue weighted by Gasteiger charge is 2.23. The maximum Gasteiger partial charge on any atom is 0.315 e. The number of urea groups is 1. The van der Waals surface area contributed by atoms with Crippen LogP contribution in [0.15, 0.2) is 18.2 Å². The van der Waals surface area contributed by atoms with Crippen molar-refractivity contribution in [3.8, 4) is 0 Å². The number of carbonyl (C=O) groups excluding carboxylic acids is 2. The van der Waals surface area contributed by atoms with E-state index in [1.807, 2.05) is 6.92 Å². The molecule has 23 heavy (non-hydrogen) atoms. The summed E-state index contributed by atoms with van der Waals surface area (Å²) in [6.45, 7) is 2.94. The van der Waals surface area contributed by atoms with E-state index in [2.05, 4.69) is 34.1 Å². The molecule has 6 heteroatoms. The summed E-state index contributed by atoms with van der Waals surface area (Å²) in [6.07, 6.45) is 2.93. The van der Waals surface area contributed by atoms with E-state index >= 15 is 0 Å². The first-order chi connectivity index (χ1) is 11.0. The van der Waals surface area contributed by atoms with Crippen molar-refractivity contribution in [1.82, 2.24) is 16.0 Å². The number of halogens is 1. The Morgan fingerprint density at radius 2 is 2.17 bits per heavy atom. The van der Waals surface area contributed by atoms with Gasteiger partial charge in [0, 0.05) is 6.54 Å². The van der Waals surface area contributed by atoms with Crippen LogP contribution in [0.2, 0.25) is 0 Å². The number of nitrogens with one attached hydrogen (secondary N) is 3. The Hall–Kier alpha value is -2.11. The summed E-state index contributed by atoms with van der Waals surface area (Å²) in [5.74, 6) is -0.391. The minimum atomic E-state index is -0.706. The van der Waals surface area contributed by atoms with Gasteiger partial charge in [-0.2, -0.15) is 0 Å². The molecule has 1 aromatic carbocycles. The fraction of sp³-hybridized carbons (Fsp3) is 0.529. The number of fused-ring (bicyclic) bond motifs is 1. The fourth-order valence-electron chi connectivity index (χ4n) is 2.85. The zero-order valence-corrected chi connectivity index (χ0v) is 13.6. The third kappa shape index (κ3) is 4.68. The molecule has 0 saturated carbocycles. The van der Waals surface area contributed by atoms with Gasteiger partial charge in [0.2, 0.25) is 5.91 Å². The van der Waals surface area contributed by atoms with Crippen molar-refractivity contribution < 1.29 is 14.0 Å². The lowest BCUT2D eigenvalue weighted by atomic mass is 9.87.